The monoisotopic (exact) mass is 360 g/mol. The fourth-order valence-electron chi connectivity index (χ4n) is 3.81. The highest BCUT2D eigenvalue weighted by molar-refractivity contribution is 5.86. The number of aryl methyl sites for hydroxylation is 1. The van der Waals surface area contributed by atoms with Gasteiger partial charge in [-0.3, -0.25) is 4.90 Å². The van der Waals surface area contributed by atoms with E-state index in [-0.39, 0.29) is 12.1 Å². The quantitative estimate of drug-likeness (QED) is 0.694. The van der Waals surface area contributed by atoms with E-state index in [0.29, 0.717) is 13.2 Å². The number of ether oxygens (including phenoxy) is 1. The summed E-state index contributed by atoms with van der Waals surface area (Å²) in [6.07, 6.45) is 4.73. The number of H-pyrrole nitrogens is 1. The van der Waals surface area contributed by atoms with Crippen molar-refractivity contribution in [3.63, 3.8) is 0 Å². The Bertz CT molecular complexity index is 988. The Balaban J connectivity index is 1.78. The van der Waals surface area contributed by atoms with Gasteiger partial charge >= 0.3 is 6.09 Å². The minimum Gasteiger partial charge on any atom is -0.450 e. The van der Waals surface area contributed by atoms with Gasteiger partial charge in [-0.25, -0.2) is 4.79 Å². The molecule has 2 heterocycles. The number of amides is 1. The second-order valence-corrected chi connectivity index (χ2v) is 6.92. The molecule has 4 nitrogen and oxygen atoms in total. The fraction of sp³-hybridized carbons (Fsp3) is 0.261. The molecule has 27 heavy (non-hydrogen) atoms. The third-order valence-electron chi connectivity index (χ3n) is 5.10. The molecule has 0 unspecified atom stereocenters. The Morgan fingerprint density at radius 2 is 2.07 bits per heavy atom. The lowest BCUT2D eigenvalue weighted by molar-refractivity contribution is 0.0946. The average molecular weight is 360 g/mol. The molecule has 0 spiro atoms. The number of carbonyl (C=O) groups is 1. The van der Waals surface area contributed by atoms with Crippen LogP contribution in [0.4, 0.5) is 4.79 Å². The van der Waals surface area contributed by atoms with Crippen LogP contribution in [0.3, 0.4) is 0 Å². The third-order valence-corrected chi connectivity index (χ3v) is 5.10. The fourth-order valence-corrected chi connectivity index (χ4v) is 3.81. The number of rotatable bonds is 3. The zero-order valence-electron chi connectivity index (χ0n) is 15.7. The van der Waals surface area contributed by atoms with Gasteiger partial charge in [0.15, 0.2) is 0 Å². The Morgan fingerprint density at radius 3 is 2.85 bits per heavy atom. The minimum atomic E-state index is -0.263. The van der Waals surface area contributed by atoms with Crippen LogP contribution in [-0.4, -0.2) is 29.1 Å². The summed E-state index contributed by atoms with van der Waals surface area (Å²) in [7, 11) is 0. The first-order valence-electron chi connectivity index (χ1n) is 9.45. The smallest absolute Gasteiger partial charge is 0.410 e. The Kier molecular flexibility index (Phi) is 4.71. The van der Waals surface area contributed by atoms with Crippen molar-refractivity contribution in [1.29, 1.82) is 0 Å². The van der Waals surface area contributed by atoms with Crippen LogP contribution in [-0.2, 0) is 11.2 Å². The van der Waals surface area contributed by atoms with Gasteiger partial charge in [0, 0.05) is 23.1 Å². The van der Waals surface area contributed by atoms with E-state index in [9.17, 15) is 4.79 Å². The molecule has 0 fully saturated rings. The van der Waals surface area contributed by atoms with Gasteiger partial charge in [0.25, 0.3) is 0 Å². The van der Waals surface area contributed by atoms with Crippen LogP contribution in [0.15, 0.2) is 54.6 Å². The first kappa shape index (κ1) is 17.4. The zero-order valence-corrected chi connectivity index (χ0v) is 15.7. The highest BCUT2D eigenvalue weighted by Crippen LogP contribution is 2.36. The number of aromatic nitrogens is 1. The predicted octanol–water partition coefficient (Wildman–Crippen LogP) is 5.25. The highest BCUT2D eigenvalue weighted by atomic mass is 16.6. The number of hydrogen-bond acceptors (Lipinski definition) is 2. The van der Waals surface area contributed by atoms with Crippen molar-refractivity contribution in [2.24, 2.45) is 0 Å². The molecule has 0 saturated heterocycles. The molecule has 2 aromatic carbocycles. The Morgan fingerprint density at radius 1 is 1.26 bits per heavy atom. The molecule has 1 aliphatic rings. The van der Waals surface area contributed by atoms with Crippen molar-refractivity contribution in [2.75, 3.05) is 13.2 Å². The lowest BCUT2D eigenvalue weighted by atomic mass is 9.96. The first-order chi connectivity index (χ1) is 13.2. The summed E-state index contributed by atoms with van der Waals surface area (Å²) in [6, 6.07) is 16.4. The number of fused-ring (bicyclic) bond motifs is 3. The lowest BCUT2D eigenvalue weighted by Gasteiger charge is -2.33. The van der Waals surface area contributed by atoms with Gasteiger partial charge in [-0.1, -0.05) is 54.1 Å². The normalized spacial score (nSPS) is 16.7. The maximum atomic E-state index is 12.6. The molecule has 0 radical (unpaired) electrons. The van der Waals surface area contributed by atoms with Gasteiger partial charge in [0.05, 0.1) is 12.6 Å². The standard InChI is InChI=1S/C23H24N2O2/c1-3-27-23(26)25-14-13-18-19-15-16(2)9-11-20(19)24-22(18)21(25)12-10-17-7-5-4-6-8-17/h4-12,15,21,24H,3,13-14H2,1-2H3/b12-10+/t21-/m1/s1. The van der Waals surface area contributed by atoms with Crippen molar-refractivity contribution in [3.8, 4) is 0 Å². The number of benzene rings is 2. The second kappa shape index (κ2) is 7.31. The van der Waals surface area contributed by atoms with Crippen molar-refractivity contribution in [3.05, 3.63) is 77.0 Å². The summed E-state index contributed by atoms with van der Waals surface area (Å²) in [5, 5.41) is 1.26. The summed E-state index contributed by atoms with van der Waals surface area (Å²) in [5.41, 5.74) is 5.86. The van der Waals surface area contributed by atoms with E-state index in [1.54, 1.807) is 0 Å². The largest absolute Gasteiger partial charge is 0.450 e. The van der Waals surface area contributed by atoms with E-state index < -0.39 is 0 Å². The summed E-state index contributed by atoms with van der Waals surface area (Å²) in [4.78, 5) is 17.9. The maximum Gasteiger partial charge on any atom is 0.410 e. The van der Waals surface area contributed by atoms with E-state index in [1.807, 2.05) is 30.0 Å². The van der Waals surface area contributed by atoms with Crippen LogP contribution >= 0.6 is 0 Å². The van der Waals surface area contributed by atoms with Crippen LogP contribution in [0.5, 0.6) is 0 Å². The van der Waals surface area contributed by atoms with Crippen LogP contribution in [0.1, 0.15) is 35.3 Å². The number of nitrogens with one attached hydrogen (secondary N) is 1. The summed E-state index contributed by atoms with van der Waals surface area (Å²) in [6.45, 7) is 4.98. The van der Waals surface area contributed by atoms with E-state index in [1.165, 1.54) is 16.5 Å². The molecule has 4 rings (SSSR count). The van der Waals surface area contributed by atoms with E-state index in [4.69, 9.17) is 4.74 Å². The Labute approximate surface area is 159 Å². The predicted molar refractivity (Wildman–Crippen MR) is 109 cm³/mol. The molecule has 0 aliphatic carbocycles. The molecule has 1 amide bonds. The molecule has 0 bridgehead atoms. The van der Waals surface area contributed by atoms with Crippen LogP contribution in [0.2, 0.25) is 0 Å². The van der Waals surface area contributed by atoms with Gasteiger partial charge in [0.2, 0.25) is 0 Å². The van der Waals surface area contributed by atoms with E-state index >= 15 is 0 Å². The second-order valence-electron chi connectivity index (χ2n) is 6.92. The number of hydrogen-bond donors (Lipinski definition) is 1. The van der Waals surface area contributed by atoms with Crippen LogP contribution < -0.4 is 0 Å². The molecule has 1 aromatic heterocycles. The summed E-state index contributed by atoms with van der Waals surface area (Å²) in [5.74, 6) is 0. The zero-order chi connectivity index (χ0) is 18.8. The van der Waals surface area contributed by atoms with E-state index in [2.05, 4.69) is 54.4 Å². The van der Waals surface area contributed by atoms with Crippen molar-refractivity contribution in [1.82, 2.24) is 9.88 Å². The molecule has 1 N–H and O–H groups in total. The Hall–Kier alpha value is -3.01. The van der Waals surface area contributed by atoms with Crippen LogP contribution in [0.25, 0.3) is 17.0 Å². The maximum absolute atomic E-state index is 12.6. The van der Waals surface area contributed by atoms with Crippen molar-refractivity contribution in [2.45, 2.75) is 26.3 Å². The molecule has 4 heteroatoms. The van der Waals surface area contributed by atoms with Gasteiger partial charge in [-0.15, -0.1) is 0 Å². The van der Waals surface area contributed by atoms with Crippen molar-refractivity contribution < 1.29 is 9.53 Å². The van der Waals surface area contributed by atoms with Crippen LogP contribution in [0, 0.1) is 6.92 Å². The highest BCUT2D eigenvalue weighted by Gasteiger charge is 2.32. The third kappa shape index (κ3) is 3.35. The molecule has 1 atom stereocenters. The molecule has 3 aromatic rings. The number of nitrogens with zero attached hydrogens (tertiary/aromatic N) is 1. The van der Waals surface area contributed by atoms with Gasteiger partial charge < -0.3 is 9.72 Å². The molecule has 1 aliphatic heterocycles. The van der Waals surface area contributed by atoms with Gasteiger partial charge in [-0.2, -0.15) is 0 Å². The molecule has 138 valence electrons. The summed E-state index contributed by atoms with van der Waals surface area (Å²) >= 11 is 0. The molecular weight excluding hydrogens is 336 g/mol. The molecule has 0 saturated carbocycles. The lowest BCUT2D eigenvalue weighted by Crippen LogP contribution is -2.39. The topological polar surface area (TPSA) is 45.3 Å². The SMILES string of the molecule is CCOC(=O)N1CCc2c([nH]c3ccc(C)cc23)[C@H]1/C=C/c1ccccc1. The van der Waals surface area contributed by atoms with Gasteiger partial charge in [0.1, 0.15) is 0 Å². The molecular formula is C23H24N2O2. The number of carbonyl (C=O) groups excluding carboxylic acids is 1. The summed E-state index contributed by atoms with van der Waals surface area (Å²) < 4.78 is 5.31. The van der Waals surface area contributed by atoms with Gasteiger partial charge in [-0.05, 0) is 43.5 Å². The average Bonchev–Trinajstić information content (AvgIpc) is 3.05. The number of aromatic amines is 1. The minimum absolute atomic E-state index is 0.166. The van der Waals surface area contributed by atoms with E-state index in [0.717, 1.165) is 23.2 Å². The first-order valence-corrected chi connectivity index (χ1v) is 9.45. The van der Waals surface area contributed by atoms with Crippen molar-refractivity contribution >= 4 is 23.1 Å².